The van der Waals surface area contributed by atoms with E-state index in [0.29, 0.717) is 11.1 Å². The fraction of sp³-hybridized carbons (Fsp3) is 0.143. The minimum Gasteiger partial charge on any atom is -0.251 e. The third-order valence-electron chi connectivity index (χ3n) is 2.73. The monoisotopic (exact) mass is 262 g/mol. The summed E-state index contributed by atoms with van der Waals surface area (Å²) in [6.07, 6.45) is -3.25. The summed E-state index contributed by atoms with van der Waals surface area (Å²) in [7, 11) is 0. The number of hydrogen-bond donors (Lipinski definition) is 0. The number of nitrogens with zero attached hydrogens (tertiary/aromatic N) is 2. The van der Waals surface area contributed by atoms with Gasteiger partial charge in [-0.2, -0.15) is 18.4 Å². The molecule has 0 aliphatic heterocycles. The van der Waals surface area contributed by atoms with Crippen molar-refractivity contribution in [2.75, 3.05) is 0 Å². The number of nitriles is 1. The predicted octanol–water partition coefficient (Wildman–Crippen LogP) is 3.95. The lowest BCUT2D eigenvalue weighted by molar-refractivity contribution is -0.141. The van der Waals surface area contributed by atoms with Crippen molar-refractivity contribution in [1.82, 2.24) is 4.98 Å². The maximum Gasteiger partial charge on any atom is 0.433 e. The van der Waals surface area contributed by atoms with Gasteiger partial charge in [-0.15, -0.1) is 0 Å². The van der Waals surface area contributed by atoms with Crippen LogP contribution in [0.1, 0.15) is 16.8 Å². The first-order valence-electron chi connectivity index (χ1n) is 5.46. The van der Waals surface area contributed by atoms with E-state index in [1.165, 1.54) is 12.3 Å². The second-order valence-corrected chi connectivity index (χ2v) is 4.07. The highest BCUT2D eigenvalue weighted by Crippen LogP contribution is 2.29. The van der Waals surface area contributed by atoms with Crippen molar-refractivity contribution in [3.8, 4) is 17.2 Å². The van der Waals surface area contributed by atoms with Gasteiger partial charge in [-0.05, 0) is 30.2 Å². The average Bonchev–Trinajstić information content (AvgIpc) is 2.38. The van der Waals surface area contributed by atoms with Gasteiger partial charge in [0, 0.05) is 11.8 Å². The van der Waals surface area contributed by atoms with Crippen LogP contribution in [0.4, 0.5) is 13.2 Å². The summed E-state index contributed by atoms with van der Waals surface area (Å²) in [5, 5.41) is 8.82. The Morgan fingerprint density at radius 3 is 2.26 bits per heavy atom. The summed E-state index contributed by atoms with van der Waals surface area (Å²) in [6.45, 7) is 1.78. The molecule has 2 aromatic rings. The maximum absolute atomic E-state index is 12.4. The number of alkyl halides is 3. The molecule has 0 saturated carbocycles. The first kappa shape index (κ1) is 13.1. The Bertz CT molecular complexity index is 637. The van der Waals surface area contributed by atoms with Gasteiger partial charge < -0.3 is 0 Å². The van der Waals surface area contributed by atoms with Crippen molar-refractivity contribution < 1.29 is 13.2 Å². The fourth-order valence-corrected chi connectivity index (χ4v) is 1.70. The van der Waals surface area contributed by atoms with Crippen LogP contribution in [-0.2, 0) is 6.18 Å². The Hall–Kier alpha value is -2.35. The highest BCUT2D eigenvalue weighted by molar-refractivity contribution is 5.65. The van der Waals surface area contributed by atoms with E-state index in [4.69, 9.17) is 5.26 Å². The first-order chi connectivity index (χ1) is 8.91. The van der Waals surface area contributed by atoms with Crippen LogP contribution in [0.15, 0.2) is 36.5 Å². The molecule has 0 saturated heterocycles. The minimum absolute atomic E-state index is 0.545. The molecule has 2 rings (SSSR count). The summed E-state index contributed by atoms with van der Waals surface area (Å²) < 4.78 is 37.2. The van der Waals surface area contributed by atoms with Gasteiger partial charge in [-0.1, -0.05) is 18.2 Å². The van der Waals surface area contributed by atoms with Crippen LogP contribution in [0, 0.1) is 18.3 Å². The second-order valence-electron chi connectivity index (χ2n) is 4.07. The molecule has 1 aromatic heterocycles. The lowest BCUT2D eigenvalue weighted by atomic mass is 10.0. The van der Waals surface area contributed by atoms with Gasteiger partial charge in [0.1, 0.15) is 5.69 Å². The van der Waals surface area contributed by atoms with Crippen LogP contribution < -0.4 is 0 Å². The topological polar surface area (TPSA) is 36.7 Å². The molecule has 0 atom stereocenters. The van der Waals surface area contributed by atoms with E-state index in [9.17, 15) is 13.2 Å². The molecule has 0 fully saturated rings. The molecular formula is C14H9F3N2. The fourth-order valence-electron chi connectivity index (χ4n) is 1.70. The van der Waals surface area contributed by atoms with Gasteiger partial charge in [0.05, 0.1) is 11.6 Å². The molecule has 0 N–H and O–H groups in total. The number of pyridine rings is 1. The molecule has 2 nitrogen and oxygen atoms in total. The largest absolute Gasteiger partial charge is 0.433 e. The van der Waals surface area contributed by atoms with Gasteiger partial charge >= 0.3 is 6.18 Å². The highest BCUT2D eigenvalue weighted by Gasteiger charge is 2.32. The molecule has 0 aliphatic rings. The molecule has 0 spiro atoms. The zero-order chi connectivity index (χ0) is 14.0. The van der Waals surface area contributed by atoms with Crippen molar-refractivity contribution in [2.45, 2.75) is 13.1 Å². The van der Waals surface area contributed by atoms with Crippen molar-refractivity contribution in [2.24, 2.45) is 0 Å². The minimum atomic E-state index is -4.43. The molecule has 1 aromatic carbocycles. The van der Waals surface area contributed by atoms with E-state index in [0.717, 1.165) is 17.2 Å². The van der Waals surface area contributed by atoms with Gasteiger partial charge in [0.15, 0.2) is 0 Å². The normalized spacial score (nSPS) is 11.1. The van der Waals surface area contributed by atoms with Crippen LogP contribution in [-0.4, -0.2) is 4.98 Å². The van der Waals surface area contributed by atoms with E-state index in [-0.39, 0.29) is 0 Å². The lowest BCUT2D eigenvalue weighted by Crippen LogP contribution is -2.07. The van der Waals surface area contributed by atoms with E-state index < -0.39 is 11.9 Å². The quantitative estimate of drug-likeness (QED) is 0.780. The number of halogens is 3. The molecule has 5 heteroatoms. The summed E-state index contributed by atoms with van der Waals surface area (Å²) in [5.74, 6) is 0. The van der Waals surface area contributed by atoms with Crippen LogP contribution >= 0.6 is 0 Å². The number of benzene rings is 1. The maximum atomic E-state index is 12.4. The highest BCUT2D eigenvalue weighted by atomic mass is 19.4. The predicted molar refractivity (Wildman–Crippen MR) is 64.1 cm³/mol. The van der Waals surface area contributed by atoms with E-state index in [2.05, 4.69) is 4.98 Å². The molecule has 0 unspecified atom stereocenters. The number of rotatable bonds is 1. The van der Waals surface area contributed by atoms with Crippen molar-refractivity contribution in [3.63, 3.8) is 0 Å². The standard InChI is InChI=1S/C14H9F3N2/c1-9-6-10(2-3-11(9)7-18)12-4-5-13(19-8-12)14(15,16)17/h2-6,8H,1H3. The number of aromatic nitrogens is 1. The third-order valence-corrected chi connectivity index (χ3v) is 2.73. The van der Waals surface area contributed by atoms with Crippen LogP contribution in [0.2, 0.25) is 0 Å². The summed E-state index contributed by atoms with van der Waals surface area (Å²) in [5.41, 5.74) is 1.73. The molecule has 0 radical (unpaired) electrons. The third kappa shape index (κ3) is 2.74. The van der Waals surface area contributed by atoms with Crippen LogP contribution in [0.5, 0.6) is 0 Å². The van der Waals surface area contributed by atoms with Crippen molar-refractivity contribution in [1.29, 1.82) is 5.26 Å². The van der Waals surface area contributed by atoms with E-state index >= 15 is 0 Å². The Kier molecular flexibility index (Phi) is 3.26. The molecule has 1 heterocycles. The molecule has 0 amide bonds. The van der Waals surface area contributed by atoms with E-state index in [1.807, 2.05) is 6.07 Å². The Morgan fingerprint density at radius 1 is 1.11 bits per heavy atom. The van der Waals surface area contributed by atoms with Gasteiger partial charge in [0.25, 0.3) is 0 Å². The molecule has 96 valence electrons. The van der Waals surface area contributed by atoms with Crippen LogP contribution in [0.3, 0.4) is 0 Å². The first-order valence-corrected chi connectivity index (χ1v) is 5.46. The molecule has 19 heavy (non-hydrogen) atoms. The Labute approximate surface area is 108 Å². The summed E-state index contributed by atoms with van der Waals surface area (Å²) in [6, 6.07) is 9.44. The summed E-state index contributed by atoms with van der Waals surface area (Å²) in [4.78, 5) is 3.41. The smallest absolute Gasteiger partial charge is 0.251 e. The Balaban J connectivity index is 2.38. The van der Waals surface area contributed by atoms with Gasteiger partial charge in [0.2, 0.25) is 0 Å². The zero-order valence-corrected chi connectivity index (χ0v) is 9.99. The zero-order valence-electron chi connectivity index (χ0n) is 9.99. The molecular weight excluding hydrogens is 253 g/mol. The second kappa shape index (κ2) is 4.73. The number of aryl methyl sites for hydroxylation is 1. The SMILES string of the molecule is Cc1cc(-c2ccc(C(F)(F)F)nc2)ccc1C#N. The van der Waals surface area contributed by atoms with Crippen LogP contribution in [0.25, 0.3) is 11.1 Å². The molecule has 0 aliphatic carbocycles. The lowest BCUT2D eigenvalue weighted by Gasteiger charge is -2.07. The number of hydrogen-bond acceptors (Lipinski definition) is 2. The summed E-state index contributed by atoms with van der Waals surface area (Å²) >= 11 is 0. The van der Waals surface area contributed by atoms with Gasteiger partial charge in [-0.3, -0.25) is 4.98 Å². The average molecular weight is 262 g/mol. The van der Waals surface area contributed by atoms with Crippen molar-refractivity contribution >= 4 is 0 Å². The molecule has 0 bridgehead atoms. The van der Waals surface area contributed by atoms with Crippen molar-refractivity contribution in [3.05, 3.63) is 53.3 Å². The van der Waals surface area contributed by atoms with Gasteiger partial charge in [-0.25, -0.2) is 0 Å². The van der Waals surface area contributed by atoms with E-state index in [1.54, 1.807) is 25.1 Å². The Morgan fingerprint density at radius 2 is 1.79 bits per heavy atom.